The van der Waals surface area contributed by atoms with Crippen molar-refractivity contribution in [1.82, 2.24) is 0 Å². The predicted molar refractivity (Wildman–Crippen MR) is 219 cm³/mol. The molecule has 0 N–H and O–H groups in total. The Kier molecular flexibility index (Phi) is 8.79. The number of hydrogen-bond acceptors (Lipinski definition) is 0. The topological polar surface area (TPSA) is 0 Å². The van der Waals surface area contributed by atoms with E-state index in [1.54, 1.807) is 0 Å². The highest BCUT2D eigenvalue weighted by molar-refractivity contribution is 7.27. The molecule has 0 nitrogen and oxygen atoms in total. The first-order valence-corrected chi connectivity index (χ1v) is 21.4. The maximum absolute atomic E-state index is 3.05. The molecule has 0 saturated carbocycles. The van der Waals surface area contributed by atoms with Crippen LogP contribution in [0.15, 0.2) is 231 Å². The van der Waals surface area contributed by atoms with Crippen molar-refractivity contribution in [2.75, 3.05) is 0 Å². The molecule has 0 bridgehead atoms. The maximum Gasteiger partial charge on any atom is 0.180 e. The van der Waals surface area contributed by atoms with Gasteiger partial charge in [-0.1, -0.05) is 231 Å². The zero-order valence-electron chi connectivity index (χ0n) is 27.9. The summed E-state index contributed by atoms with van der Waals surface area (Å²) in [5.41, 5.74) is 2.53. The normalized spacial score (nSPS) is 11.6. The molecule has 0 aromatic heterocycles. The van der Waals surface area contributed by atoms with Gasteiger partial charge in [-0.15, -0.1) is 0 Å². The highest BCUT2D eigenvalue weighted by Crippen LogP contribution is 2.23. The second-order valence-corrected chi connectivity index (χ2v) is 20.3. The van der Waals surface area contributed by atoms with Gasteiger partial charge in [0, 0.05) is 0 Å². The van der Waals surface area contributed by atoms with Gasteiger partial charge in [0.15, 0.2) is 16.1 Å². The van der Waals surface area contributed by atoms with Gasteiger partial charge in [-0.2, -0.15) is 0 Å². The lowest BCUT2D eigenvalue weighted by atomic mass is 10.1. The summed E-state index contributed by atoms with van der Waals surface area (Å²) in [5, 5.41) is 11.1. The minimum Gasteiger partial charge on any atom is -0.0623 e. The van der Waals surface area contributed by atoms with Crippen LogP contribution >= 0.6 is 0 Å². The molecule has 0 amide bonds. The molecule has 0 unspecified atom stereocenters. The summed E-state index contributed by atoms with van der Waals surface area (Å²) in [6.45, 7) is 0. The molecule has 8 aromatic carbocycles. The summed E-state index contributed by atoms with van der Waals surface area (Å²) in [4.78, 5) is 0. The minimum absolute atomic E-state index is 1.24. The Bertz CT molecular complexity index is 2080. The standard InChI is InChI=1S/C48H38Si2/c1-8-23-39(24-9-1)46-37-22-38-47(49(40-25-10-2-11-26-40,41-27-12-3-13-28-41)42-29-14-4-15-30-42)48(46)50(43-31-16-5-17-32-43,44-33-18-6-19-34-44)45-35-20-7-21-36-45/h1-38H. The number of rotatable bonds is 9. The molecule has 0 heterocycles. The molecule has 8 rings (SSSR count). The molecule has 50 heavy (non-hydrogen) atoms. The van der Waals surface area contributed by atoms with Crippen LogP contribution < -0.4 is 41.5 Å². The molecule has 0 atom stereocenters. The quantitative estimate of drug-likeness (QED) is 0.129. The van der Waals surface area contributed by atoms with E-state index in [1.165, 1.54) is 52.6 Å². The lowest BCUT2D eigenvalue weighted by molar-refractivity contribution is 1.62. The second kappa shape index (κ2) is 14.0. The van der Waals surface area contributed by atoms with Gasteiger partial charge >= 0.3 is 0 Å². The van der Waals surface area contributed by atoms with Gasteiger partial charge in [-0.3, -0.25) is 0 Å². The first kappa shape index (κ1) is 31.5. The Morgan fingerprint density at radius 3 is 0.820 bits per heavy atom. The van der Waals surface area contributed by atoms with Crippen LogP contribution in [0, 0.1) is 0 Å². The van der Waals surface area contributed by atoms with E-state index in [9.17, 15) is 0 Å². The van der Waals surface area contributed by atoms with Crippen molar-refractivity contribution in [2.24, 2.45) is 0 Å². The highest BCUT2D eigenvalue weighted by atomic mass is 28.3. The first-order valence-electron chi connectivity index (χ1n) is 17.4. The fraction of sp³-hybridized carbons (Fsp3) is 0. The molecule has 0 aliphatic rings. The van der Waals surface area contributed by atoms with Crippen LogP contribution in [-0.2, 0) is 0 Å². The van der Waals surface area contributed by atoms with E-state index >= 15 is 0 Å². The van der Waals surface area contributed by atoms with Crippen molar-refractivity contribution in [3.63, 3.8) is 0 Å². The molecule has 0 spiro atoms. The van der Waals surface area contributed by atoms with E-state index in [0.717, 1.165) is 0 Å². The van der Waals surface area contributed by atoms with E-state index in [0.29, 0.717) is 0 Å². The zero-order chi connectivity index (χ0) is 33.6. The van der Waals surface area contributed by atoms with Crippen LogP contribution in [0.4, 0.5) is 0 Å². The third kappa shape index (κ3) is 5.30. The first-order chi connectivity index (χ1) is 24.8. The minimum atomic E-state index is -3.05. The monoisotopic (exact) mass is 670 g/mol. The lowest BCUT2D eigenvalue weighted by Gasteiger charge is -2.43. The largest absolute Gasteiger partial charge is 0.180 e. The maximum atomic E-state index is 2.48. The van der Waals surface area contributed by atoms with E-state index in [-0.39, 0.29) is 0 Å². The lowest BCUT2D eigenvalue weighted by Crippen LogP contribution is -2.85. The van der Waals surface area contributed by atoms with Crippen molar-refractivity contribution in [1.29, 1.82) is 0 Å². The van der Waals surface area contributed by atoms with Crippen LogP contribution in [0.1, 0.15) is 0 Å². The van der Waals surface area contributed by atoms with Crippen LogP contribution in [-0.4, -0.2) is 16.1 Å². The molecular formula is C48H38Si2. The van der Waals surface area contributed by atoms with E-state index in [2.05, 4.69) is 231 Å². The molecule has 0 aliphatic carbocycles. The van der Waals surface area contributed by atoms with Gasteiger partial charge in [0.1, 0.15) is 0 Å². The summed E-state index contributed by atoms with van der Waals surface area (Å²) in [6.07, 6.45) is 0. The Morgan fingerprint density at radius 2 is 0.500 bits per heavy atom. The molecule has 238 valence electrons. The SMILES string of the molecule is c1ccc(-c2cccc([Si](c3ccccc3)(c3ccccc3)c3ccccc3)c2[Si](c2ccccc2)(c2ccccc2)c2ccccc2)cc1. The Labute approximate surface area is 298 Å². The zero-order valence-corrected chi connectivity index (χ0v) is 29.9. The van der Waals surface area contributed by atoms with Crippen molar-refractivity contribution >= 4 is 57.6 Å². The van der Waals surface area contributed by atoms with Gasteiger partial charge in [-0.05, 0) is 52.6 Å². The predicted octanol–water partition coefficient (Wildman–Crippen LogP) is 6.11. The van der Waals surface area contributed by atoms with Crippen LogP contribution in [0.2, 0.25) is 0 Å². The Hall–Kier alpha value is -5.81. The highest BCUT2D eigenvalue weighted by Gasteiger charge is 2.50. The third-order valence-corrected chi connectivity index (χ3v) is 20.1. The molecule has 8 aromatic rings. The van der Waals surface area contributed by atoms with Gasteiger partial charge in [0.25, 0.3) is 0 Å². The van der Waals surface area contributed by atoms with E-state index in [4.69, 9.17) is 0 Å². The van der Waals surface area contributed by atoms with Crippen LogP contribution in [0.3, 0.4) is 0 Å². The van der Waals surface area contributed by atoms with Crippen molar-refractivity contribution < 1.29 is 0 Å². The second-order valence-electron chi connectivity index (χ2n) is 12.8. The van der Waals surface area contributed by atoms with Crippen molar-refractivity contribution in [3.8, 4) is 11.1 Å². The Balaban J connectivity index is 1.67. The van der Waals surface area contributed by atoms with Crippen molar-refractivity contribution in [3.05, 3.63) is 231 Å². The fourth-order valence-corrected chi connectivity index (χ4v) is 19.2. The molecule has 0 aliphatic heterocycles. The summed E-state index contributed by atoms with van der Waals surface area (Å²) in [6, 6.07) is 86.4. The molecule has 0 radical (unpaired) electrons. The van der Waals surface area contributed by atoms with E-state index in [1.807, 2.05) is 0 Å². The molecule has 0 fully saturated rings. The third-order valence-electron chi connectivity index (χ3n) is 10.2. The summed E-state index contributed by atoms with van der Waals surface area (Å²) in [5.74, 6) is 0. The molecular weight excluding hydrogens is 633 g/mol. The van der Waals surface area contributed by atoms with Crippen LogP contribution in [0.25, 0.3) is 11.1 Å². The van der Waals surface area contributed by atoms with Gasteiger partial charge in [0.05, 0.1) is 0 Å². The van der Waals surface area contributed by atoms with Gasteiger partial charge in [-0.25, -0.2) is 0 Å². The van der Waals surface area contributed by atoms with Gasteiger partial charge in [0.2, 0.25) is 0 Å². The van der Waals surface area contributed by atoms with Crippen LogP contribution in [0.5, 0.6) is 0 Å². The summed E-state index contributed by atoms with van der Waals surface area (Å²) in [7, 11) is -6.03. The average Bonchev–Trinajstić information content (AvgIpc) is 3.22. The smallest absolute Gasteiger partial charge is 0.0623 e. The van der Waals surface area contributed by atoms with Gasteiger partial charge < -0.3 is 0 Å². The Morgan fingerprint density at radius 1 is 0.220 bits per heavy atom. The van der Waals surface area contributed by atoms with Crippen molar-refractivity contribution in [2.45, 2.75) is 0 Å². The fourth-order valence-electron chi connectivity index (χ4n) is 8.16. The number of benzene rings is 8. The summed E-state index contributed by atoms with van der Waals surface area (Å²) >= 11 is 0. The molecule has 2 heteroatoms. The number of hydrogen-bond donors (Lipinski definition) is 0. The summed E-state index contributed by atoms with van der Waals surface area (Å²) < 4.78 is 0. The molecule has 0 saturated heterocycles. The average molecular weight is 671 g/mol. The van der Waals surface area contributed by atoms with E-state index < -0.39 is 16.1 Å².